The van der Waals surface area contributed by atoms with E-state index in [9.17, 15) is 9.90 Å². The second kappa shape index (κ2) is 9.11. The average molecular weight is 307 g/mol. The molecule has 1 saturated carbocycles. The Labute approximate surface area is 131 Å². The molecule has 0 bridgehead atoms. The average Bonchev–Trinajstić information content (AvgIpc) is 2.54. The number of aliphatic hydroxyl groups is 1. The van der Waals surface area contributed by atoms with Gasteiger partial charge in [0.15, 0.2) is 0 Å². The molecule has 1 atom stereocenters. The molecule has 3 nitrogen and oxygen atoms in total. The number of aliphatic hydroxyl groups excluding tert-OH is 1. The number of amides is 1. The van der Waals surface area contributed by atoms with E-state index in [4.69, 9.17) is 0 Å². The molecule has 1 aromatic carbocycles. The molecular weight excluding hydrogens is 282 g/mol. The first kappa shape index (κ1) is 16.4. The normalized spacial score (nSPS) is 17.4. The van der Waals surface area contributed by atoms with Gasteiger partial charge in [-0.3, -0.25) is 4.79 Å². The summed E-state index contributed by atoms with van der Waals surface area (Å²) in [6.07, 6.45) is 6.02. The lowest BCUT2D eigenvalue weighted by Crippen LogP contribution is -2.37. The quantitative estimate of drug-likeness (QED) is 0.760. The molecule has 1 aromatic rings. The molecule has 1 fully saturated rings. The third-order valence-corrected chi connectivity index (χ3v) is 5.06. The van der Waals surface area contributed by atoms with Crippen LogP contribution in [0, 0.1) is 5.92 Å². The smallest absolute Gasteiger partial charge is 0.220 e. The fourth-order valence-electron chi connectivity index (χ4n) is 2.77. The second-order valence-corrected chi connectivity index (χ2v) is 6.85. The summed E-state index contributed by atoms with van der Waals surface area (Å²) in [7, 11) is 0. The van der Waals surface area contributed by atoms with Crippen molar-refractivity contribution < 1.29 is 9.90 Å². The largest absolute Gasteiger partial charge is 0.391 e. The monoisotopic (exact) mass is 307 g/mol. The van der Waals surface area contributed by atoms with Crippen LogP contribution in [0.3, 0.4) is 0 Å². The van der Waals surface area contributed by atoms with E-state index in [1.54, 1.807) is 11.8 Å². The first-order valence-corrected chi connectivity index (χ1v) is 8.87. The number of hydrogen-bond donors (Lipinski definition) is 2. The molecule has 1 unspecified atom stereocenters. The van der Waals surface area contributed by atoms with Crippen molar-refractivity contribution in [2.45, 2.75) is 49.5 Å². The first-order valence-electron chi connectivity index (χ1n) is 7.88. The maximum atomic E-state index is 11.8. The number of nitrogens with one attached hydrogen (secondary N) is 1. The number of rotatable bonds is 7. The van der Waals surface area contributed by atoms with Gasteiger partial charge in [0.25, 0.3) is 0 Å². The van der Waals surface area contributed by atoms with Crippen molar-refractivity contribution in [1.29, 1.82) is 0 Å². The van der Waals surface area contributed by atoms with E-state index in [1.165, 1.54) is 24.2 Å². The number of thioether (sulfide) groups is 1. The van der Waals surface area contributed by atoms with E-state index < -0.39 is 0 Å². The maximum Gasteiger partial charge on any atom is 0.220 e. The molecule has 0 heterocycles. The Balaban J connectivity index is 1.58. The molecular formula is C17H25NO2S. The van der Waals surface area contributed by atoms with Gasteiger partial charge in [0.05, 0.1) is 6.10 Å². The summed E-state index contributed by atoms with van der Waals surface area (Å²) in [5, 5.41) is 13.0. The van der Waals surface area contributed by atoms with Crippen LogP contribution in [-0.2, 0) is 4.79 Å². The zero-order valence-corrected chi connectivity index (χ0v) is 13.3. The minimum Gasteiger partial charge on any atom is -0.391 e. The topological polar surface area (TPSA) is 49.3 Å². The lowest BCUT2D eigenvalue weighted by molar-refractivity contribution is -0.121. The summed E-state index contributed by atoms with van der Waals surface area (Å²) >= 11 is 1.69. The molecule has 0 saturated heterocycles. The molecule has 2 rings (SSSR count). The SMILES string of the molecule is O=C(CCSc1ccccc1)NCC(O)C1CCCCC1. The lowest BCUT2D eigenvalue weighted by Gasteiger charge is -2.26. The zero-order valence-electron chi connectivity index (χ0n) is 12.5. The van der Waals surface area contributed by atoms with Crippen LogP contribution < -0.4 is 5.32 Å². The fourth-order valence-corrected chi connectivity index (χ4v) is 3.64. The summed E-state index contributed by atoms with van der Waals surface area (Å²) in [5.41, 5.74) is 0. The number of carbonyl (C=O) groups excluding carboxylic acids is 1. The molecule has 116 valence electrons. The Bertz CT molecular complexity index is 418. The number of benzene rings is 1. The Kier molecular flexibility index (Phi) is 7.10. The van der Waals surface area contributed by atoms with Gasteiger partial charge in [-0.05, 0) is 30.9 Å². The summed E-state index contributed by atoms with van der Waals surface area (Å²) in [6, 6.07) is 10.1. The van der Waals surface area contributed by atoms with Gasteiger partial charge in [0.1, 0.15) is 0 Å². The summed E-state index contributed by atoms with van der Waals surface area (Å²) < 4.78 is 0. The third kappa shape index (κ3) is 6.10. The molecule has 0 radical (unpaired) electrons. The molecule has 0 aromatic heterocycles. The zero-order chi connectivity index (χ0) is 14.9. The van der Waals surface area contributed by atoms with Gasteiger partial charge in [0, 0.05) is 23.6 Å². The highest BCUT2D eigenvalue weighted by molar-refractivity contribution is 7.99. The molecule has 2 N–H and O–H groups in total. The molecule has 1 aliphatic rings. The van der Waals surface area contributed by atoms with E-state index >= 15 is 0 Å². The Hall–Kier alpha value is -1.00. The highest BCUT2D eigenvalue weighted by Crippen LogP contribution is 2.26. The van der Waals surface area contributed by atoms with Crippen molar-refractivity contribution in [1.82, 2.24) is 5.32 Å². The van der Waals surface area contributed by atoms with Crippen LogP contribution in [0.25, 0.3) is 0 Å². The van der Waals surface area contributed by atoms with Crippen molar-refractivity contribution >= 4 is 17.7 Å². The molecule has 0 aliphatic heterocycles. The van der Waals surface area contributed by atoms with Crippen molar-refractivity contribution in [3.63, 3.8) is 0 Å². The molecule has 21 heavy (non-hydrogen) atoms. The van der Waals surface area contributed by atoms with Crippen LogP contribution in [-0.4, -0.2) is 29.4 Å². The van der Waals surface area contributed by atoms with Crippen LogP contribution in [0.15, 0.2) is 35.2 Å². The van der Waals surface area contributed by atoms with E-state index in [1.807, 2.05) is 18.2 Å². The third-order valence-electron chi connectivity index (χ3n) is 4.04. The molecule has 1 amide bonds. The number of hydrogen-bond acceptors (Lipinski definition) is 3. The van der Waals surface area contributed by atoms with Gasteiger partial charge >= 0.3 is 0 Å². The summed E-state index contributed by atoms with van der Waals surface area (Å²) in [4.78, 5) is 13.0. The summed E-state index contributed by atoms with van der Waals surface area (Å²) in [6.45, 7) is 0.402. The predicted octanol–water partition coefficient (Wildman–Crippen LogP) is 3.23. The van der Waals surface area contributed by atoms with Crippen molar-refractivity contribution in [3.8, 4) is 0 Å². The highest BCUT2D eigenvalue weighted by atomic mass is 32.2. The van der Waals surface area contributed by atoms with E-state index in [0.29, 0.717) is 18.9 Å². The van der Waals surface area contributed by atoms with E-state index in [-0.39, 0.29) is 12.0 Å². The first-order chi connectivity index (χ1) is 10.3. The maximum absolute atomic E-state index is 11.8. The van der Waals surface area contributed by atoms with Gasteiger partial charge in [-0.2, -0.15) is 0 Å². The van der Waals surface area contributed by atoms with Crippen LogP contribution >= 0.6 is 11.8 Å². The Morgan fingerprint density at radius 3 is 2.67 bits per heavy atom. The summed E-state index contributed by atoms with van der Waals surface area (Å²) in [5.74, 6) is 1.18. The Morgan fingerprint density at radius 1 is 1.24 bits per heavy atom. The minimum atomic E-state index is -0.379. The molecule has 1 aliphatic carbocycles. The van der Waals surface area contributed by atoms with Gasteiger partial charge in [-0.25, -0.2) is 0 Å². The Morgan fingerprint density at radius 2 is 1.95 bits per heavy atom. The number of carbonyl (C=O) groups is 1. The van der Waals surface area contributed by atoms with Crippen LogP contribution in [0.1, 0.15) is 38.5 Å². The van der Waals surface area contributed by atoms with Gasteiger partial charge in [0.2, 0.25) is 5.91 Å². The predicted molar refractivity (Wildman–Crippen MR) is 87.4 cm³/mol. The van der Waals surface area contributed by atoms with Crippen molar-refractivity contribution in [2.24, 2.45) is 5.92 Å². The standard InChI is InChI=1S/C17H25NO2S/c19-16(14-7-3-1-4-8-14)13-18-17(20)11-12-21-15-9-5-2-6-10-15/h2,5-6,9-10,14,16,19H,1,3-4,7-8,11-13H2,(H,18,20). The van der Waals surface area contributed by atoms with Crippen LogP contribution in [0.5, 0.6) is 0 Å². The van der Waals surface area contributed by atoms with Crippen LogP contribution in [0.2, 0.25) is 0 Å². The lowest BCUT2D eigenvalue weighted by atomic mass is 9.85. The van der Waals surface area contributed by atoms with Crippen molar-refractivity contribution in [3.05, 3.63) is 30.3 Å². The highest BCUT2D eigenvalue weighted by Gasteiger charge is 2.21. The second-order valence-electron chi connectivity index (χ2n) is 5.68. The van der Waals surface area contributed by atoms with Crippen molar-refractivity contribution in [2.75, 3.05) is 12.3 Å². The van der Waals surface area contributed by atoms with Gasteiger partial charge < -0.3 is 10.4 Å². The van der Waals surface area contributed by atoms with E-state index in [0.717, 1.165) is 18.6 Å². The van der Waals surface area contributed by atoms with E-state index in [2.05, 4.69) is 17.4 Å². The fraction of sp³-hybridized carbons (Fsp3) is 0.588. The van der Waals surface area contributed by atoms with Gasteiger partial charge in [-0.15, -0.1) is 11.8 Å². The minimum absolute atomic E-state index is 0.0355. The molecule has 0 spiro atoms. The molecule has 4 heteroatoms. The van der Waals surface area contributed by atoms with Crippen LogP contribution in [0.4, 0.5) is 0 Å². The van der Waals surface area contributed by atoms with Gasteiger partial charge in [-0.1, -0.05) is 37.5 Å².